The highest BCUT2D eigenvalue weighted by Crippen LogP contribution is 2.23. The first kappa shape index (κ1) is 21.2. The number of hydrogen-bond donors (Lipinski definition) is 3. The lowest BCUT2D eigenvalue weighted by Gasteiger charge is -2.24. The quantitative estimate of drug-likeness (QED) is 0.537. The van der Waals surface area contributed by atoms with E-state index in [0.717, 1.165) is 12.1 Å². The summed E-state index contributed by atoms with van der Waals surface area (Å²) in [4.78, 5) is 24.4. The van der Waals surface area contributed by atoms with Gasteiger partial charge in [-0.05, 0) is 32.0 Å². The number of benzene rings is 1. The summed E-state index contributed by atoms with van der Waals surface area (Å²) in [5.74, 6) is -2.64. The van der Waals surface area contributed by atoms with Crippen LogP contribution in [0.1, 0.15) is 28.5 Å². The minimum atomic E-state index is -1.65. The number of aryl methyl sites for hydroxylation is 1. The molecule has 3 aromatic rings. The Balaban J connectivity index is 1.88. The third-order valence-electron chi connectivity index (χ3n) is 4.67. The highest BCUT2D eigenvalue weighted by Gasteiger charge is 2.33. The zero-order valence-corrected chi connectivity index (χ0v) is 16.3. The molecule has 0 aliphatic carbocycles. The zero-order chi connectivity index (χ0) is 22.1. The molecule has 30 heavy (non-hydrogen) atoms. The van der Waals surface area contributed by atoms with E-state index < -0.39 is 35.6 Å². The van der Waals surface area contributed by atoms with E-state index in [1.54, 1.807) is 19.2 Å². The number of aliphatic hydroxyl groups is 1. The van der Waals surface area contributed by atoms with Crippen molar-refractivity contribution < 1.29 is 28.2 Å². The molecule has 0 saturated heterocycles. The lowest BCUT2D eigenvalue weighted by molar-refractivity contribution is -0.124. The number of nitrogens with zero attached hydrogens (tertiary/aromatic N) is 2. The Hall–Kier alpha value is -3.53. The predicted molar refractivity (Wildman–Crippen MR) is 103 cm³/mol. The summed E-state index contributed by atoms with van der Waals surface area (Å²) in [6.07, 6.45) is 1.55. The van der Waals surface area contributed by atoms with Gasteiger partial charge in [-0.2, -0.15) is 5.10 Å². The van der Waals surface area contributed by atoms with Crippen molar-refractivity contribution in [2.45, 2.75) is 26.0 Å². The molecule has 2 aromatic heterocycles. The predicted octanol–water partition coefficient (Wildman–Crippen LogP) is 1.47. The molecular formula is C20H20F2N4O4. The summed E-state index contributed by atoms with van der Waals surface area (Å²) >= 11 is 0. The van der Waals surface area contributed by atoms with Crippen LogP contribution in [0.2, 0.25) is 0 Å². The number of aliphatic hydroxyl groups excluding tert-OH is 1. The Labute approximate surface area is 170 Å². The van der Waals surface area contributed by atoms with Crippen LogP contribution >= 0.6 is 0 Å². The van der Waals surface area contributed by atoms with Crippen LogP contribution in [0.25, 0.3) is 5.52 Å². The summed E-state index contributed by atoms with van der Waals surface area (Å²) < 4.78 is 33.8. The van der Waals surface area contributed by atoms with Crippen LogP contribution in [0.3, 0.4) is 0 Å². The van der Waals surface area contributed by atoms with E-state index in [2.05, 4.69) is 10.4 Å². The Morgan fingerprint density at radius 3 is 2.67 bits per heavy atom. The van der Waals surface area contributed by atoms with E-state index in [1.807, 2.05) is 0 Å². The zero-order valence-electron chi connectivity index (χ0n) is 16.3. The number of nitrogens with one attached hydrogen (secondary N) is 1. The van der Waals surface area contributed by atoms with E-state index in [9.17, 15) is 23.5 Å². The molecule has 0 aliphatic heterocycles. The fraction of sp³-hybridized carbons (Fsp3) is 0.250. The number of ether oxygens (including phenoxy) is 1. The van der Waals surface area contributed by atoms with Crippen LogP contribution in [0, 0.1) is 18.6 Å². The minimum absolute atomic E-state index is 0.152. The molecule has 8 nitrogen and oxygen atoms in total. The average molecular weight is 418 g/mol. The van der Waals surface area contributed by atoms with Gasteiger partial charge in [-0.3, -0.25) is 9.59 Å². The average Bonchev–Trinajstić information content (AvgIpc) is 3.02. The second kappa shape index (κ2) is 8.07. The third kappa shape index (κ3) is 4.08. The summed E-state index contributed by atoms with van der Waals surface area (Å²) in [5, 5.41) is 16.1. The molecule has 3 rings (SSSR count). The van der Waals surface area contributed by atoms with E-state index in [1.165, 1.54) is 23.6 Å². The Kier molecular flexibility index (Phi) is 5.70. The maximum absolute atomic E-state index is 13.8. The van der Waals surface area contributed by atoms with Crippen molar-refractivity contribution in [3.05, 3.63) is 65.0 Å². The smallest absolute Gasteiger partial charge is 0.256 e. The highest BCUT2D eigenvalue weighted by atomic mass is 19.1. The number of nitrogens with two attached hydrogens (primary N) is 1. The number of pyridine rings is 1. The Morgan fingerprint density at radius 2 is 2.03 bits per heavy atom. The summed E-state index contributed by atoms with van der Waals surface area (Å²) in [7, 11) is 0. The first-order chi connectivity index (χ1) is 14.1. The number of rotatable bonds is 7. The molecule has 0 aliphatic rings. The molecule has 2 amide bonds. The molecular weight excluding hydrogens is 398 g/mol. The van der Waals surface area contributed by atoms with Crippen LogP contribution < -0.4 is 15.8 Å². The second-order valence-electron chi connectivity index (χ2n) is 6.99. The normalized spacial score (nSPS) is 13.1. The number of carbonyl (C=O) groups excluding carboxylic acids is 2. The number of amides is 2. The number of halogens is 2. The van der Waals surface area contributed by atoms with Crippen LogP contribution in [0.15, 0.2) is 36.5 Å². The van der Waals surface area contributed by atoms with Gasteiger partial charge < -0.3 is 20.9 Å². The summed E-state index contributed by atoms with van der Waals surface area (Å²) in [5.41, 5.74) is 4.69. The second-order valence-corrected chi connectivity index (χ2v) is 6.99. The van der Waals surface area contributed by atoms with Crippen molar-refractivity contribution in [3.63, 3.8) is 0 Å². The molecule has 0 spiro atoms. The molecule has 0 saturated carbocycles. The number of carbonyl (C=O) groups is 2. The van der Waals surface area contributed by atoms with Crippen LogP contribution in [-0.4, -0.2) is 38.7 Å². The first-order valence-electron chi connectivity index (χ1n) is 8.93. The van der Waals surface area contributed by atoms with Gasteiger partial charge in [-0.25, -0.2) is 13.3 Å². The van der Waals surface area contributed by atoms with Crippen molar-refractivity contribution in [2.24, 2.45) is 5.73 Å². The van der Waals surface area contributed by atoms with Gasteiger partial charge in [0.05, 0.1) is 23.4 Å². The van der Waals surface area contributed by atoms with Gasteiger partial charge in [-0.15, -0.1) is 0 Å². The number of fused-ring (bicyclic) bond motifs is 1. The molecule has 2 heterocycles. The molecule has 0 radical (unpaired) electrons. The van der Waals surface area contributed by atoms with Crippen LogP contribution in [-0.2, 0) is 11.4 Å². The van der Waals surface area contributed by atoms with Gasteiger partial charge >= 0.3 is 0 Å². The lowest BCUT2D eigenvalue weighted by Crippen LogP contribution is -2.57. The maximum Gasteiger partial charge on any atom is 0.256 e. The Morgan fingerprint density at radius 1 is 1.30 bits per heavy atom. The lowest BCUT2D eigenvalue weighted by atomic mass is 10.0. The molecule has 1 aromatic carbocycles. The molecule has 10 heteroatoms. The van der Waals surface area contributed by atoms with Crippen molar-refractivity contribution in [1.29, 1.82) is 0 Å². The van der Waals surface area contributed by atoms with Gasteiger partial charge in [0, 0.05) is 23.9 Å². The molecule has 1 atom stereocenters. The first-order valence-corrected chi connectivity index (χ1v) is 8.93. The third-order valence-corrected chi connectivity index (χ3v) is 4.67. The Bertz CT molecular complexity index is 1130. The molecule has 1 unspecified atom stereocenters. The van der Waals surface area contributed by atoms with Gasteiger partial charge in [-0.1, -0.05) is 0 Å². The summed E-state index contributed by atoms with van der Waals surface area (Å²) in [6.45, 7) is 2.09. The highest BCUT2D eigenvalue weighted by molar-refractivity contribution is 6.04. The standard InChI is InChI=1S/C20H20F2N4O4/c1-11-17(18(28)24-20(2,10-27)19(23)29)16-8-14(5-6-26(16)25-11)30-9-12-3-4-13(21)7-15(12)22/h3-8,27H,9-10H2,1-2H3,(H2,23,29)(H,24,28). The van der Waals surface area contributed by atoms with Crippen molar-refractivity contribution >= 4 is 17.3 Å². The molecule has 158 valence electrons. The maximum atomic E-state index is 13.8. The van der Waals surface area contributed by atoms with E-state index >= 15 is 0 Å². The number of aromatic nitrogens is 2. The molecule has 0 bridgehead atoms. The van der Waals surface area contributed by atoms with E-state index in [4.69, 9.17) is 10.5 Å². The summed E-state index contributed by atoms with van der Waals surface area (Å²) in [6, 6.07) is 6.28. The largest absolute Gasteiger partial charge is 0.489 e. The van der Waals surface area contributed by atoms with Gasteiger partial charge in [0.15, 0.2) is 0 Å². The molecule has 0 fully saturated rings. The van der Waals surface area contributed by atoms with Crippen molar-refractivity contribution in [2.75, 3.05) is 6.61 Å². The van der Waals surface area contributed by atoms with Gasteiger partial charge in [0.1, 0.15) is 29.5 Å². The SMILES string of the molecule is Cc1nn2ccc(OCc3ccc(F)cc3F)cc2c1C(=O)NC(C)(CO)C(N)=O. The van der Waals surface area contributed by atoms with E-state index in [0.29, 0.717) is 17.0 Å². The van der Waals surface area contributed by atoms with E-state index in [-0.39, 0.29) is 17.7 Å². The van der Waals surface area contributed by atoms with Crippen LogP contribution in [0.5, 0.6) is 5.75 Å². The molecule has 4 N–H and O–H groups in total. The van der Waals surface area contributed by atoms with Crippen molar-refractivity contribution in [1.82, 2.24) is 14.9 Å². The minimum Gasteiger partial charge on any atom is -0.489 e. The van der Waals surface area contributed by atoms with Crippen LogP contribution in [0.4, 0.5) is 8.78 Å². The monoisotopic (exact) mass is 418 g/mol. The fourth-order valence-corrected chi connectivity index (χ4v) is 2.81. The number of hydrogen-bond acceptors (Lipinski definition) is 5. The number of primary amides is 1. The van der Waals surface area contributed by atoms with Gasteiger partial charge in [0.2, 0.25) is 5.91 Å². The van der Waals surface area contributed by atoms with Gasteiger partial charge in [0.25, 0.3) is 5.91 Å². The topological polar surface area (TPSA) is 119 Å². The fourth-order valence-electron chi connectivity index (χ4n) is 2.81. The van der Waals surface area contributed by atoms with Crippen molar-refractivity contribution in [3.8, 4) is 5.75 Å².